The maximum absolute atomic E-state index is 11.7. The van der Waals surface area contributed by atoms with Gasteiger partial charge in [0.05, 0.1) is 0 Å². The average Bonchev–Trinajstić information content (AvgIpc) is 2.35. The summed E-state index contributed by atoms with van der Waals surface area (Å²) < 4.78 is 5.20. The molecule has 0 saturated heterocycles. The Kier molecular flexibility index (Phi) is 6.21. The normalized spacial score (nSPS) is 12.9. The number of benzene rings is 1. The fourth-order valence-corrected chi connectivity index (χ4v) is 2.20. The maximum Gasteiger partial charge on any atom is 0.407 e. The summed E-state index contributed by atoms with van der Waals surface area (Å²) in [4.78, 5) is 11.7. The average molecular weight is 293 g/mol. The van der Waals surface area contributed by atoms with Crippen molar-refractivity contribution in [2.75, 3.05) is 13.2 Å². The number of aryl methyl sites for hydroxylation is 2. The summed E-state index contributed by atoms with van der Waals surface area (Å²) in [6.07, 6.45) is 0.299. The van der Waals surface area contributed by atoms with Crippen LogP contribution in [0.1, 0.15) is 37.5 Å². The number of carbonyl (C=O) groups is 1. The van der Waals surface area contributed by atoms with Crippen LogP contribution in [0.2, 0.25) is 0 Å². The van der Waals surface area contributed by atoms with Gasteiger partial charge in [0.25, 0.3) is 0 Å². The number of nitrogens with one attached hydrogen (secondary N) is 1. The van der Waals surface area contributed by atoms with Gasteiger partial charge in [-0.05, 0) is 57.7 Å². The molecule has 1 aromatic rings. The Morgan fingerprint density at radius 2 is 1.86 bits per heavy atom. The first-order valence-electron chi connectivity index (χ1n) is 7.35. The third kappa shape index (κ3) is 6.17. The van der Waals surface area contributed by atoms with E-state index in [0.29, 0.717) is 6.54 Å². The maximum atomic E-state index is 11.7. The molecule has 1 aromatic carbocycles. The lowest BCUT2D eigenvalue weighted by molar-refractivity contribution is 0.0512. The van der Waals surface area contributed by atoms with Crippen LogP contribution in [-0.2, 0) is 11.2 Å². The monoisotopic (exact) mass is 293 g/mol. The molecule has 0 bridgehead atoms. The van der Waals surface area contributed by atoms with E-state index >= 15 is 0 Å². The van der Waals surface area contributed by atoms with Gasteiger partial charge in [-0.25, -0.2) is 4.79 Å². The van der Waals surface area contributed by atoms with Crippen molar-refractivity contribution in [1.82, 2.24) is 5.32 Å². The molecule has 0 aliphatic heterocycles. The molecule has 21 heavy (non-hydrogen) atoms. The van der Waals surface area contributed by atoms with Crippen molar-refractivity contribution >= 4 is 6.09 Å². The van der Waals surface area contributed by atoms with Crippen LogP contribution in [0.5, 0.6) is 0 Å². The van der Waals surface area contributed by atoms with E-state index in [4.69, 9.17) is 4.74 Å². The lowest BCUT2D eigenvalue weighted by Crippen LogP contribution is -2.36. The zero-order valence-corrected chi connectivity index (χ0v) is 13.7. The van der Waals surface area contributed by atoms with E-state index in [0.717, 1.165) is 6.42 Å². The first-order valence-corrected chi connectivity index (χ1v) is 7.35. The summed E-state index contributed by atoms with van der Waals surface area (Å²) in [6, 6.07) is 6.16. The molecule has 1 rings (SSSR count). The topological polar surface area (TPSA) is 58.6 Å². The summed E-state index contributed by atoms with van der Waals surface area (Å²) in [5.41, 5.74) is 3.16. The highest BCUT2D eigenvalue weighted by atomic mass is 16.6. The Morgan fingerprint density at radius 3 is 2.33 bits per heavy atom. The predicted molar refractivity (Wildman–Crippen MR) is 84.4 cm³/mol. The fraction of sp³-hybridized carbons (Fsp3) is 0.588. The number of amides is 1. The highest BCUT2D eigenvalue weighted by molar-refractivity contribution is 5.67. The Bertz CT molecular complexity index is 457. The second-order valence-electron chi connectivity index (χ2n) is 6.51. The summed E-state index contributed by atoms with van der Waals surface area (Å²) in [6.45, 7) is 10.0. The van der Waals surface area contributed by atoms with Gasteiger partial charge < -0.3 is 15.2 Å². The molecule has 2 N–H and O–H groups in total. The van der Waals surface area contributed by atoms with Crippen LogP contribution in [0.15, 0.2) is 18.2 Å². The van der Waals surface area contributed by atoms with Crippen molar-refractivity contribution < 1.29 is 14.6 Å². The smallest absolute Gasteiger partial charge is 0.407 e. The minimum atomic E-state index is -0.509. The molecule has 118 valence electrons. The lowest BCUT2D eigenvalue weighted by atomic mass is 9.93. The molecule has 0 aliphatic carbocycles. The minimum Gasteiger partial charge on any atom is -0.444 e. The Labute approximate surface area is 127 Å². The van der Waals surface area contributed by atoms with Gasteiger partial charge in [0, 0.05) is 19.1 Å². The summed E-state index contributed by atoms with van der Waals surface area (Å²) in [5, 5.41) is 12.3. The largest absolute Gasteiger partial charge is 0.444 e. The van der Waals surface area contributed by atoms with Crippen LogP contribution < -0.4 is 5.32 Å². The molecule has 0 saturated carbocycles. The molecule has 0 radical (unpaired) electrons. The SMILES string of the molecule is Cc1cccc(C)c1CC(CO)CNC(=O)OC(C)(C)C. The molecule has 1 unspecified atom stereocenters. The molecule has 4 nitrogen and oxygen atoms in total. The summed E-state index contributed by atoms with van der Waals surface area (Å²) >= 11 is 0. The molecule has 4 heteroatoms. The quantitative estimate of drug-likeness (QED) is 0.877. The predicted octanol–water partition coefficient (Wildman–Crippen LogP) is 2.98. The first-order chi connectivity index (χ1) is 9.73. The number of hydrogen-bond acceptors (Lipinski definition) is 3. The van der Waals surface area contributed by atoms with Gasteiger partial charge in [-0.15, -0.1) is 0 Å². The van der Waals surface area contributed by atoms with Crippen molar-refractivity contribution in [2.45, 2.75) is 46.6 Å². The second kappa shape index (κ2) is 7.46. The number of alkyl carbamates (subject to hydrolysis) is 1. The van der Waals surface area contributed by atoms with E-state index in [9.17, 15) is 9.90 Å². The molecular weight excluding hydrogens is 266 g/mol. The van der Waals surface area contributed by atoms with Crippen LogP contribution in [-0.4, -0.2) is 30.0 Å². The molecule has 0 fully saturated rings. The van der Waals surface area contributed by atoms with Crippen molar-refractivity contribution in [3.05, 3.63) is 34.9 Å². The Hall–Kier alpha value is -1.55. The lowest BCUT2D eigenvalue weighted by Gasteiger charge is -2.22. The number of rotatable bonds is 5. The zero-order chi connectivity index (χ0) is 16.0. The van der Waals surface area contributed by atoms with Crippen LogP contribution in [0.3, 0.4) is 0 Å². The number of ether oxygens (including phenoxy) is 1. The van der Waals surface area contributed by atoms with E-state index in [1.807, 2.05) is 26.8 Å². The van der Waals surface area contributed by atoms with E-state index in [1.54, 1.807) is 0 Å². The Morgan fingerprint density at radius 1 is 1.29 bits per heavy atom. The van der Waals surface area contributed by atoms with Crippen LogP contribution in [0, 0.1) is 19.8 Å². The molecule has 0 aromatic heterocycles. The van der Waals surface area contributed by atoms with E-state index in [2.05, 4.69) is 31.3 Å². The third-order valence-electron chi connectivity index (χ3n) is 3.33. The highest BCUT2D eigenvalue weighted by Gasteiger charge is 2.18. The van der Waals surface area contributed by atoms with E-state index in [-0.39, 0.29) is 12.5 Å². The summed E-state index contributed by atoms with van der Waals surface area (Å²) in [5.74, 6) is -0.0164. The van der Waals surface area contributed by atoms with E-state index in [1.165, 1.54) is 16.7 Å². The summed E-state index contributed by atoms with van der Waals surface area (Å²) in [7, 11) is 0. The number of aliphatic hydroxyl groups is 1. The standard InChI is InChI=1S/C17H27NO3/c1-12-7-6-8-13(2)15(12)9-14(11-19)10-18-16(20)21-17(3,4)5/h6-8,14,19H,9-11H2,1-5H3,(H,18,20). The van der Waals surface area contributed by atoms with Crippen molar-refractivity contribution in [1.29, 1.82) is 0 Å². The van der Waals surface area contributed by atoms with Crippen molar-refractivity contribution in [2.24, 2.45) is 5.92 Å². The molecule has 1 amide bonds. The number of hydrogen-bond donors (Lipinski definition) is 2. The van der Waals surface area contributed by atoms with Crippen LogP contribution >= 0.6 is 0 Å². The number of carbonyl (C=O) groups excluding carboxylic acids is 1. The first kappa shape index (κ1) is 17.5. The van der Waals surface area contributed by atoms with Crippen molar-refractivity contribution in [3.63, 3.8) is 0 Å². The van der Waals surface area contributed by atoms with Crippen LogP contribution in [0.4, 0.5) is 4.79 Å². The highest BCUT2D eigenvalue weighted by Crippen LogP contribution is 2.17. The van der Waals surface area contributed by atoms with Gasteiger partial charge in [0.15, 0.2) is 0 Å². The second-order valence-corrected chi connectivity index (χ2v) is 6.51. The van der Waals surface area contributed by atoms with E-state index < -0.39 is 11.7 Å². The van der Waals surface area contributed by atoms with Gasteiger partial charge in [0.2, 0.25) is 0 Å². The minimum absolute atomic E-state index is 0.0164. The Balaban J connectivity index is 2.58. The molecule has 0 aliphatic rings. The van der Waals surface area contributed by atoms with Gasteiger partial charge in [-0.2, -0.15) is 0 Å². The molecular formula is C17H27NO3. The van der Waals surface area contributed by atoms with Gasteiger partial charge in [-0.1, -0.05) is 18.2 Å². The molecule has 0 heterocycles. The molecule has 1 atom stereocenters. The van der Waals surface area contributed by atoms with Crippen molar-refractivity contribution in [3.8, 4) is 0 Å². The zero-order valence-electron chi connectivity index (χ0n) is 13.7. The van der Waals surface area contributed by atoms with Gasteiger partial charge in [0.1, 0.15) is 5.60 Å². The molecule has 0 spiro atoms. The number of aliphatic hydroxyl groups excluding tert-OH is 1. The third-order valence-corrected chi connectivity index (χ3v) is 3.33. The van der Waals surface area contributed by atoms with Gasteiger partial charge >= 0.3 is 6.09 Å². The van der Waals surface area contributed by atoms with Crippen LogP contribution in [0.25, 0.3) is 0 Å². The van der Waals surface area contributed by atoms with Gasteiger partial charge in [-0.3, -0.25) is 0 Å². The fourth-order valence-electron chi connectivity index (χ4n) is 2.20.